The van der Waals surface area contributed by atoms with Crippen LogP contribution in [0.15, 0.2) is 24.3 Å². The van der Waals surface area contributed by atoms with Gasteiger partial charge in [0, 0.05) is 11.5 Å². The Bertz CT molecular complexity index is 526. The minimum absolute atomic E-state index is 0.0396. The van der Waals surface area contributed by atoms with E-state index >= 15 is 0 Å². The molecular formula is C18H25F3O3. The van der Waals surface area contributed by atoms with Crippen LogP contribution in [0.25, 0.3) is 0 Å². The maximum atomic E-state index is 12.8. The van der Waals surface area contributed by atoms with Crippen LogP contribution in [0.4, 0.5) is 13.2 Å². The average molecular weight is 346 g/mol. The van der Waals surface area contributed by atoms with Crippen molar-refractivity contribution in [3.05, 3.63) is 35.4 Å². The number of aliphatic hydroxyl groups excluding tert-OH is 2. The monoisotopic (exact) mass is 346 g/mol. The largest absolute Gasteiger partial charge is 0.454 e. The highest BCUT2D eigenvalue weighted by molar-refractivity contribution is 6.01. The van der Waals surface area contributed by atoms with Crippen LogP contribution in [-0.2, 0) is 0 Å². The second-order valence-corrected chi connectivity index (χ2v) is 6.10. The number of hydrogen-bond donors (Lipinski definition) is 2. The molecule has 0 fully saturated rings. The molecule has 1 aromatic rings. The van der Waals surface area contributed by atoms with Crippen LogP contribution in [-0.4, -0.2) is 34.4 Å². The topological polar surface area (TPSA) is 57.5 Å². The van der Waals surface area contributed by atoms with Crippen LogP contribution in [0.2, 0.25) is 0 Å². The number of alkyl halides is 3. The van der Waals surface area contributed by atoms with Gasteiger partial charge in [-0.05, 0) is 18.9 Å². The third-order valence-corrected chi connectivity index (χ3v) is 4.11. The predicted octanol–water partition coefficient (Wildman–Crippen LogP) is 4.23. The number of aliphatic hydroxyl groups is 2. The molecule has 1 rings (SSSR count). The molecule has 3 atom stereocenters. The van der Waals surface area contributed by atoms with Crippen molar-refractivity contribution in [1.82, 2.24) is 0 Å². The van der Waals surface area contributed by atoms with Crippen molar-refractivity contribution in [3.8, 4) is 0 Å². The highest BCUT2D eigenvalue weighted by Gasteiger charge is 2.41. The SMILES string of the molecule is CCCCCCC(O)C(c1ccccc1C(=O)C(F)(F)F)C(C)O. The summed E-state index contributed by atoms with van der Waals surface area (Å²) in [5.41, 5.74) is -0.471. The first kappa shape index (κ1) is 20.6. The Hall–Kier alpha value is -1.40. The summed E-state index contributed by atoms with van der Waals surface area (Å²) in [7, 11) is 0. The van der Waals surface area contributed by atoms with Gasteiger partial charge in [-0.3, -0.25) is 4.79 Å². The van der Waals surface area contributed by atoms with E-state index in [0.29, 0.717) is 12.8 Å². The zero-order valence-corrected chi connectivity index (χ0v) is 14.0. The van der Waals surface area contributed by atoms with Crippen LogP contribution < -0.4 is 0 Å². The molecule has 6 heteroatoms. The van der Waals surface area contributed by atoms with Gasteiger partial charge in [-0.25, -0.2) is 0 Å². The predicted molar refractivity (Wildman–Crippen MR) is 86.0 cm³/mol. The lowest BCUT2D eigenvalue weighted by molar-refractivity contribution is -0.0887. The zero-order chi connectivity index (χ0) is 18.3. The van der Waals surface area contributed by atoms with Gasteiger partial charge in [0.25, 0.3) is 5.78 Å². The summed E-state index contributed by atoms with van der Waals surface area (Å²) in [6, 6.07) is 5.30. The molecule has 0 aliphatic heterocycles. The van der Waals surface area contributed by atoms with E-state index in [1.54, 1.807) is 0 Å². The van der Waals surface area contributed by atoms with Gasteiger partial charge in [-0.1, -0.05) is 56.9 Å². The molecule has 0 aliphatic carbocycles. The summed E-state index contributed by atoms with van der Waals surface area (Å²) in [5, 5.41) is 20.4. The average Bonchev–Trinajstić information content (AvgIpc) is 2.50. The molecule has 24 heavy (non-hydrogen) atoms. The van der Waals surface area contributed by atoms with E-state index < -0.39 is 35.6 Å². The first-order valence-electron chi connectivity index (χ1n) is 8.26. The van der Waals surface area contributed by atoms with Crippen molar-refractivity contribution in [2.45, 2.75) is 70.3 Å². The van der Waals surface area contributed by atoms with E-state index in [-0.39, 0.29) is 5.56 Å². The minimum atomic E-state index is -4.99. The lowest BCUT2D eigenvalue weighted by Gasteiger charge is -2.28. The van der Waals surface area contributed by atoms with Crippen molar-refractivity contribution < 1.29 is 28.2 Å². The van der Waals surface area contributed by atoms with Gasteiger partial charge in [0.2, 0.25) is 0 Å². The van der Waals surface area contributed by atoms with Gasteiger partial charge in [0.15, 0.2) is 0 Å². The molecule has 3 unspecified atom stereocenters. The van der Waals surface area contributed by atoms with Crippen LogP contribution in [0.5, 0.6) is 0 Å². The van der Waals surface area contributed by atoms with Gasteiger partial charge in [-0.2, -0.15) is 13.2 Å². The van der Waals surface area contributed by atoms with Crippen molar-refractivity contribution in [2.75, 3.05) is 0 Å². The summed E-state index contributed by atoms with van der Waals surface area (Å²) < 4.78 is 38.4. The van der Waals surface area contributed by atoms with E-state index in [1.165, 1.54) is 25.1 Å². The number of carbonyl (C=O) groups is 1. The lowest BCUT2D eigenvalue weighted by atomic mass is 9.83. The lowest BCUT2D eigenvalue weighted by Crippen LogP contribution is -2.31. The Balaban J connectivity index is 3.07. The number of halogens is 3. The summed E-state index contributed by atoms with van der Waals surface area (Å²) in [6.45, 7) is 3.46. The number of unbranched alkanes of at least 4 members (excludes halogenated alkanes) is 3. The fourth-order valence-corrected chi connectivity index (χ4v) is 2.90. The Labute approximate surface area is 140 Å². The molecule has 1 aromatic carbocycles. The fraction of sp³-hybridized carbons (Fsp3) is 0.611. The van der Waals surface area contributed by atoms with Crippen LogP contribution in [0.1, 0.15) is 67.8 Å². The van der Waals surface area contributed by atoms with E-state index in [9.17, 15) is 28.2 Å². The maximum Gasteiger partial charge on any atom is 0.454 e. The van der Waals surface area contributed by atoms with E-state index in [2.05, 4.69) is 0 Å². The molecule has 0 saturated carbocycles. The van der Waals surface area contributed by atoms with Gasteiger partial charge in [-0.15, -0.1) is 0 Å². The summed E-state index contributed by atoms with van der Waals surface area (Å²) in [4.78, 5) is 11.6. The standard InChI is InChI=1S/C18H25F3O3/c1-3-4-5-6-11-15(23)16(12(2)22)13-9-7-8-10-14(13)17(24)18(19,20)21/h7-10,12,15-16,22-23H,3-6,11H2,1-2H3. The smallest absolute Gasteiger partial charge is 0.393 e. The van der Waals surface area contributed by atoms with E-state index in [0.717, 1.165) is 25.3 Å². The first-order valence-corrected chi connectivity index (χ1v) is 8.26. The van der Waals surface area contributed by atoms with E-state index in [4.69, 9.17) is 0 Å². The van der Waals surface area contributed by atoms with Crippen molar-refractivity contribution in [1.29, 1.82) is 0 Å². The quantitative estimate of drug-likeness (QED) is 0.520. The number of carbonyl (C=O) groups excluding carboxylic acids is 1. The molecule has 2 N–H and O–H groups in total. The molecule has 0 bridgehead atoms. The summed E-state index contributed by atoms with van der Waals surface area (Å²) in [5.74, 6) is -2.89. The highest BCUT2D eigenvalue weighted by Crippen LogP contribution is 2.32. The minimum Gasteiger partial charge on any atom is -0.393 e. The number of benzene rings is 1. The van der Waals surface area contributed by atoms with Gasteiger partial charge in [0.1, 0.15) is 0 Å². The summed E-state index contributed by atoms with van der Waals surface area (Å²) >= 11 is 0. The highest BCUT2D eigenvalue weighted by atomic mass is 19.4. The third-order valence-electron chi connectivity index (χ3n) is 4.11. The second kappa shape index (κ2) is 9.18. The van der Waals surface area contributed by atoms with Gasteiger partial charge >= 0.3 is 6.18 Å². The molecular weight excluding hydrogens is 321 g/mol. The number of ketones is 1. The van der Waals surface area contributed by atoms with Crippen LogP contribution in [0, 0.1) is 0 Å². The fourth-order valence-electron chi connectivity index (χ4n) is 2.90. The third kappa shape index (κ3) is 5.60. The number of rotatable bonds is 9. The molecule has 0 heterocycles. The Morgan fingerprint density at radius 3 is 2.29 bits per heavy atom. The van der Waals surface area contributed by atoms with Crippen LogP contribution >= 0.6 is 0 Å². The molecule has 3 nitrogen and oxygen atoms in total. The molecule has 0 saturated heterocycles. The number of hydrogen-bond acceptors (Lipinski definition) is 3. The van der Waals surface area contributed by atoms with Crippen molar-refractivity contribution in [3.63, 3.8) is 0 Å². The molecule has 0 radical (unpaired) electrons. The molecule has 0 aromatic heterocycles. The Morgan fingerprint density at radius 2 is 1.75 bits per heavy atom. The molecule has 0 aliphatic rings. The number of Topliss-reactive ketones (excluding diaryl/α,β-unsaturated/α-hetero) is 1. The molecule has 136 valence electrons. The van der Waals surface area contributed by atoms with Crippen molar-refractivity contribution >= 4 is 5.78 Å². The van der Waals surface area contributed by atoms with Crippen LogP contribution in [0.3, 0.4) is 0 Å². The van der Waals surface area contributed by atoms with E-state index in [1.807, 2.05) is 6.92 Å². The van der Waals surface area contributed by atoms with Crippen molar-refractivity contribution in [2.24, 2.45) is 0 Å². The maximum absolute atomic E-state index is 12.8. The zero-order valence-electron chi connectivity index (χ0n) is 14.0. The molecule has 0 spiro atoms. The first-order chi connectivity index (χ1) is 11.2. The van der Waals surface area contributed by atoms with Gasteiger partial charge in [0.05, 0.1) is 12.2 Å². The second-order valence-electron chi connectivity index (χ2n) is 6.10. The Kier molecular flexibility index (Phi) is 7.90. The molecule has 0 amide bonds. The summed E-state index contributed by atoms with van der Waals surface area (Å²) in [6.07, 6.45) is -3.06. The van der Waals surface area contributed by atoms with Gasteiger partial charge < -0.3 is 10.2 Å². The Morgan fingerprint density at radius 1 is 1.12 bits per heavy atom. The normalized spacial score (nSPS) is 15.8.